The Bertz CT molecular complexity index is 658. The van der Waals surface area contributed by atoms with Gasteiger partial charge in [0.2, 0.25) is 0 Å². The summed E-state index contributed by atoms with van der Waals surface area (Å²) in [4.78, 5) is 0. The predicted molar refractivity (Wildman–Crippen MR) is 88.2 cm³/mol. The lowest BCUT2D eigenvalue weighted by atomic mass is 9.94. The summed E-state index contributed by atoms with van der Waals surface area (Å²) in [6, 6.07) is 9.36. The van der Waals surface area contributed by atoms with Crippen LogP contribution >= 0.6 is 15.9 Å². The number of nitrogens with zero attached hydrogens (tertiary/aromatic N) is 2. The van der Waals surface area contributed by atoms with Crippen molar-refractivity contribution < 1.29 is 0 Å². The van der Waals surface area contributed by atoms with E-state index < -0.39 is 0 Å². The summed E-state index contributed by atoms with van der Waals surface area (Å²) in [5.41, 5.74) is 10.3. The van der Waals surface area contributed by atoms with Crippen LogP contribution in [0.4, 0.5) is 5.82 Å². The Labute approximate surface area is 133 Å². The second kappa shape index (κ2) is 4.87. The van der Waals surface area contributed by atoms with Crippen LogP contribution in [-0.4, -0.2) is 9.78 Å². The van der Waals surface area contributed by atoms with E-state index >= 15 is 0 Å². The smallest absolute Gasteiger partial charge is 0.136 e. The van der Waals surface area contributed by atoms with E-state index in [-0.39, 0.29) is 0 Å². The summed E-state index contributed by atoms with van der Waals surface area (Å²) in [5, 5.41) is 4.72. The highest BCUT2D eigenvalue weighted by Crippen LogP contribution is 2.48. The topological polar surface area (TPSA) is 43.8 Å². The highest BCUT2D eigenvalue weighted by molar-refractivity contribution is 9.10. The molecule has 4 rings (SSSR count). The molecule has 3 nitrogen and oxygen atoms in total. The van der Waals surface area contributed by atoms with Crippen molar-refractivity contribution in [3.05, 3.63) is 45.6 Å². The Hall–Kier alpha value is -1.29. The van der Waals surface area contributed by atoms with Gasteiger partial charge >= 0.3 is 0 Å². The molecule has 2 bridgehead atoms. The molecule has 1 saturated carbocycles. The van der Waals surface area contributed by atoms with E-state index in [0.717, 1.165) is 28.8 Å². The average Bonchev–Trinajstić information content (AvgIpc) is 2.89. The minimum absolute atomic E-state index is 0.447. The molecule has 0 spiro atoms. The van der Waals surface area contributed by atoms with Crippen LogP contribution in [0.5, 0.6) is 0 Å². The van der Waals surface area contributed by atoms with Gasteiger partial charge in [0.05, 0.1) is 16.2 Å². The van der Waals surface area contributed by atoms with E-state index in [1.807, 2.05) is 6.92 Å². The first-order valence-corrected chi connectivity index (χ1v) is 8.51. The number of nitrogens with two attached hydrogens (primary N) is 1. The largest absolute Gasteiger partial charge is 0.383 e. The zero-order chi connectivity index (χ0) is 14.6. The molecule has 2 atom stereocenters. The SMILES string of the molecule is Cc1nn(C2C3CCC2Cc2ccccc2C3)c(N)c1Br. The third-order valence-corrected chi connectivity index (χ3v) is 6.27. The number of hydrogen-bond donors (Lipinski definition) is 1. The number of anilines is 1. The van der Waals surface area contributed by atoms with E-state index in [1.165, 1.54) is 24.0 Å². The first-order chi connectivity index (χ1) is 10.1. The minimum atomic E-state index is 0.447. The van der Waals surface area contributed by atoms with Crippen molar-refractivity contribution in [1.29, 1.82) is 0 Å². The van der Waals surface area contributed by atoms with Crippen molar-refractivity contribution in [2.45, 2.75) is 38.6 Å². The Kier molecular flexibility index (Phi) is 3.10. The molecule has 1 fully saturated rings. The number of rotatable bonds is 1. The Balaban J connectivity index is 1.77. The van der Waals surface area contributed by atoms with Gasteiger partial charge in [0.25, 0.3) is 0 Å². The highest BCUT2D eigenvalue weighted by atomic mass is 79.9. The van der Waals surface area contributed by atoms with E-state index in [1.54, 1.807) is 0 Å². The molecule has 0 saturated heterocycles. The molecule has 1 aromatic carbocycles. The van der Waals surface area contributed by atoms with Gasteiger partial charge in [0, 0.05) is 0 Å². The first-order valence-electron chi connectivity index (χ1n) is 7.72. The molecule has 4 heteroatoms. The number of nitrogen functional groups attached to an aromatic ring is 1. The fourth-order valence-corrected chi connectivity index (χ4v) is 4.55. The molecule has 2 aliphatic rings. The molecular weight excluding hydrogens is 326 g/mol. The molecule has 2 unspecified atom stereocenters. The monoisotopic (exact) mass is 345 g/mol. The molecule has 2 aliphatic carbocycles. The molecule has 0 radical (unpaired) electrons. The lowest BCUT2D eigenvalue weighted by Crippen LogP contribution is -2.23. The van der Waals surface area contributed by atoms with Crippen molar-refractivity contribution in [3.63, 3.8) is 0 Å². The highest BCUT2D eigenvalue weighted by Gasteiger charge is 2.41. The molecule has 2 N–H and O–H groups in total. The summed E-state index contributed by atoms with van der Waals surface area (Å²) in [5.74, 6) is 2.11. The second-order valence-corrected chi connectivity index (χ2v) is 7.29. The van der Waals surface area contributed by atoms with E-state index in [2.05, 4.69) is 44.9 Å². The lowest BCUT2D eigenvalue weighted by Gasteiger charge is -2.24. The van der Waals surface area contributed by atoms with Crippen molar-refractivity contribution in [2.75, 3.05) is 5.73 Å². The summed E-state index contributed by atoms with van der Waals surface area (Å²) in [6.45, 7) is 2.02. The second-order valence-electron chi connectivity index (χ2n) is 6.49. The number of hydrogen-bond acceptors (Lipinski definition) is 2. The molecule has 1 aromatic heterocycles. The summed E-state index contributed by atoms with van der Waals surface area (Å²) in [7, 11) is 0. The van der Waals surface area contributed by atoms with Crippen LogP contribution in [0.3, 0.4) is 0 Å². The third kappa shape index (κ3) is 2.03. The fourth-order valence-electron chi connectivity index (χ4n) is 4.29. The number of fused-ring (bicyclic) bond motifs is 3. The Morgan fingerprint density at radius 3 is 2.19 bits per heavy atom. The summed E-state index contributed by atoms with van der Waals surface area (Å²) >= 11 is 3.57. The van der Waals surface area contributed by atoms with Gasteiger partial charge in [-0.1, -0.05) is 24.3 Å². The molecule has 0 amide bonds. The van der Waals surface area contributed by atoms with E-state index in [0.29, 0.717) is 17.9 Å². The van der Waals surface area contributed by atoms with Crippen molar-refractivity contribution in [3.8, 4) is 0 Å². The van der Waals surface area contributed by atoms with Crippen LogP contribution in [0.25, 0.3) is 0 Å². The van der Waals surface area contributed by atoms with Gasteiger partial charge in [0.15, 0.2) is 0 Å². The maximum absolute atomic E-state index is 6.30. The van der Waals surface area contributed by atoms with E-state index in [9.17, 15) is 0 Å². The normalized spacial score (nSPS) is 27.4. The maximum atomic E-state index is 6.30. The van der Waals surface area contributed by atoms with Gasteiger partial charge < -0.3 is 5.73 Å². The van der Waals surface area contributed by atoms with Crippen LogP contribution in [0.15, 0.2) is 28.7 Å². The molecule has 2 aromatic rings. The molecule has 0 aliphatic heterocycles. The number of benzene rings is 1. The van der Waals surface area contributed by atoms with Crippen molar-refractivity contribution in [1.82, 2.24) is 9.78 Å². The van der Waals surface area contributed by atoms with Crippen molar-refractivity contribution >= 4 is 21.7 Å². The number of aryl methyl sites for hydroxylation is 1. The van der Waals surface area contributed by atoms with Crippen LogP contribution in [0.1, 0.15) is 35.7 Å². The number of halogens is 1. The van der Waals surface area contributed by atoms with Crippen LogP contribution < -0.4 is 5.73 Å². The quantitative estimate of drug-likeness (QED) is 0.851. The zero-order valence-corrected chi connectivity index (χ0v) is 13.8. The van der Waals surface area contributed by atoms with Crippen LogP contribution in [0.2, 0.25) is 0 Å². The van der Waals surface area contributed by atoms with E-state index in [4.69, 9.17) is 10.8 Å². The maximum Gasteiger partial charge on any atom is 0.136 e. The molecule has 1 heterocycles. The first kappa shape index (κ1) is 13.4. The summed E-state index contributed by atoms with van der Waals surface area (Å²) < 4.78 is 3.07. The number of aromatic nitrogens is 2. The minimum Gasteiger partial charge on any atom is -0.383 e. The van der Waals surface area contributed by atoms with Gasteiger partial charge in [0.1, 0.15) is 5.82 Å². The molecule has 21 heavy (non-hydrogen) atoms. The van der Waals surface area contributed by atoms with Crippen LogP contribution in [0, 0.1) is 18.8 Å². The molecular formula is C17H20BrN3. The van der Waals surface area contributed by atoms with Crippen molar-refractivity contribution in [2.24, 2.45) is 11.8 Å². The van der Waals surface area contributed by atoms with Gasteiger partial charge in [-0.2, -0.15) is 5.10 Å². The predicted octanol–water partition coefficient (Wildman–Crippen LogP) is 3.90. The van der Waals surface area contributed by atoms with Gasteiger partial charge in [-0.3, -0.25) is 0 Å². The lowest BCUT2D eigenvalue weighted by molar-refractivity contribution is 0.294. The third-order valence-electron chi connectivity index (χ3n) is 5.29. The molecule has 110 valence electrons. The van der Waals surface area contributed by atoms with Gasteiger partial charge in [-0.25, -0.2) is 4.68 Å². The zero-order valence-electron chi connectivity index (χ0n) is 12.2. The Morgan fingerprint density at radius 1 is 1.14 bits per heavy atom. The standard InChI is InChI=1S/C17H20BrN3/c1-10-15(18)17(19)21(20-10)16-13-6-7-14(16)9-12-5-3-2-4-11(12)8-13/h2-5,13-14,16H,6-9,19H2,1H3. The van der Waals surface area contributed by atoms with Gasteiger partial charge in [-0.15, -0.1) is 0 Å². The summed E-state index contributed by atoms with van der Waals surface area (Å²) in [6.07, 6.45) is 4.90. The van der Waals surface area contributed by atoms with Gasteiger partial charge in [-0.05, 0) is 71.5 Å². The average molecular weight is 346 g/mol. The van der Waals surface area contributed by atoms with Crippen LogP contribution in [-0.2, 0) is 12.8 Å². The Morgan fingerprint density at radius 2 is 1.71 bits per heavy atom. The fraction of sp³-hybridized carbons (Fsp3) is 0.471.